The molecule has 2 unspecified atom stereocenters. The predicted molar refractivity (Wildman–Crippen MR) is 125 cm³/mol. The van der Waals surface area contributed by atoms with E-state index in [2.05, 4.69) is 48.6 Å². The lowest BCUT2D eigenvalue weighted by Crippen LogP contribution is -2.13. The van der Waals surface area contributed by atoms with Crippen LogP contribution in [0, 0.1) is 6.92 Å². The molecule has 2 heterocycles. The van der Waals surface area contributed by atoms with Crippen LogP contribution in [-0.2, 0) is 11.5 Å². The number of benzene rings is 1. The summed E-state index contributed by atoms with van der Waals surface area (Å²) in [6.07, 6.45) is 15.6. The second kappa shape index (κ2) is 10.3. The van der Waals surface area contributed by atoms with Crippen LogP contribution in [0.5, 0.6) is 0 Å². The van der Waals surface area contributed by atoms with E-state index in [-0.39, 0.29) is 0 Å². The van der Waals surface area contributed by atoms with Crippen LogP contribution in [-0.4, -0.2) is 20.5 Å². The molecule has 2 bridgehead atoms. The molecule has 152 valence electrons. The molecule has 2 aliphatic rings. The second-order valence-electron chi connectivity index (χ2n) is 8.62. The summed E-state index contributed by atoms with van der Waals surface area (Å²) >= 11 is 4.32. The van der Waals surface area contributed by atoms with E-state index in [0.29, 0.717) is 0 Å². The fourth-order valence-corrected chi connectivity index (χ4v) is 7.27. The molecule has 1 aliphatic carbocycles. The number of aromatic nitrogens is 2. The van der Waals surface area contributed by atoms with Crippen molar-refractivity contribution in [3.63, 3.8) is 0 Å². The van der Waals surface area contributed by atoms with Crippen molar-refractivity contribution < 1.29 is 0 Å². The molecule has 28 heavy (non-hydrogen) atoms. The van der Waals surface area contributed by atoms with Gasteiger partial charge in [0, 0.05) is 22.0 Å². The van der Waals surface area contributed by atoms with Gasteiger partial charge in [-0.1, -0.05) is 57.4 Å². The highest BCUT2D eigenvalue weighted by molar-refractivity contribution is 8.00. The van der Waals surface area contributed by atoms with E-state index in [1.807, 2.05) is 0 Å². The predicted octanol–water partition coefficient (Wildman–Crippen LogP) is 7.46. The molecule has 0 amide bonds. The van der Waals surface area contributed by atoms with Crippen molar-refractivity contribution >= 4 is 34.6 Å². The molecule has 4 heteroatoms. The monoisotopic (exact) mass is 414 g/mol. The first kappa shape index (κ1) is 20.5. The number of thioether (sulfide) groups is 2. The number of hydrogen-bond donors (Lipinski definition) is 0. The van der Waals surface area contributed by atoms with Gasteiger partial charge in [-0.25, -0.2) is 9.97 Å². The summed E-state index contributed by atoms with van der Waals surface area (Å²) in [7, 11) is 0. The summed E-state index contributed by atoms with van der Waals surface area (Å²) in [5.74, 6) is 2.06. The fourth-order valence-electron chi connectivity index (χ4n) is 4.50. The molecule has 1 aromatic heterocycles. The lowest BCUT2D eigenvalue weighted by atomic mass is 10.1. The minimum absolute atomic E-state index is 0.791. The van der Waals surface area contributed by atoms with Crippen molar-refractivity contribution in [2.45, 2.75) is 99.6 Å². The molecular formula is C24H34N2S2. The van der Waals surface area contributed by atoms with Gasteiger partial charge in [-0.3, -0.25) is 0 Å². The first-order valence-corrected chi connectivity index (χ1v) is 13.4. The first-order chi connectivity index (χ1) is 13.8. The molecule has 1 aliphatic heterocycles. The number of rotatable bonds is 0. The molecule has 0 spiro atoms. The van der Waals surface area contributed by atoms with E-state index in [1.54, 1.807) is 0 Å². The third-order valence-electron chi connectivity index (χ3n) is 6.21. The zero-order valence-electron chi connectivity index (χ0n) is 17.3. The number of aryl methyl sites for hydroxylation is 1. The van der Waals surface area contributed by atoms with Crippen molar-refractivity contribution in [1.82, 2.24) is 9.97 Å². The zero-order valence-corrected chi connectivity index (χ0v) is 18.9. The van der Waals surface area contributed by atoms with Crippen LogP contribution in [0.3, 0.4) is 0 Å². The van der Waals surface area contributed by atoms with Gasteiger partial charge in [0.2, 0.25) is 0 Å². The summed E-state index contributed by atoms with van der Waals surface area (Å²) in [6, 6.07) is 6.48. The van der Waals surface area contributed by atoms with E-state index < -0.39 is 0 Å². The third kappa shape index (κ3) is 5.66. The van der Waals surface area contributed by atoms with Gasteiger partial charge in [0.1, 0.15) is 0 Å². The summed E-state index contributed by atoms with van der Waals surface area (Å²) < 4.78 is 0. The van der Waals surface area contributed by atoms with Crippen LogP contribution in [0.1, 0.15) is 87.6 Å². The largest absolute Gasteiger partial charge is 0.248 e. The Morgan fingerprint density at radius 3 is 1.86 bits per heavy atom. The van der Waals surface area contributed by atoms with Gasteiger partial charge in [-0.2, -0.15) is 23.5 Å². The Morgan fingerprint density at radius 1 is 0.714 bits per heavy atom. The highest BCUT2D eigenvalue weighted by Crippen LogP contribution is 2.36. The number of hydrogen-bond acceptors (Lipinski definition) is 4. The van der Waals surface area contributed by atoms with E-state index in [9.17, 15) is 0 Å². The smallest absolute Gasteiger partial charge is 0.0893 e. The van der Waals surface area contributed by atoms with Crippen LogP contribution in [0.2, 0.25) is 0 Å². The third-order valence-corrected chi connectivity index (χ3v) is 8.89. The van der Waals surface area contributed by atoms with Gasteiger partial charge in [0.05, 0.1) is 22.4 Å². The zero-order chi connectivity index (χ0) is 19.2. The highest BCUT2D eigenvalue weighted by Gasteiger charge is 2.22. The summed E-state index contributed by atoms with van der Waals surface area (Å²) in [5, 5.41) is 1.58. The molecule has 1 saturated carbocycles. The Morgan fingerprint density at radius 2 is 1.25 bits per heavy atom. The van der Waals surface area contributed by atoms with E-state index in [0.717, 1.165) is 33.0 Å². The van der Waals surface area contributed by atoms with Crippen molar-refractivity contribution in [3.05, 3.63) is 35.2 Å². The minimum Gasteiger partial charge on any atom is -0.248 e. The Hall–Kier alpha value is -0.740. The molecule has 1 fully saturated rings. The van der Waals surface area contributed by atoms with Crippen LogP contribution < -0.4 is 0 Å². The average Bonchev–Trinajstić information content (AvgIpc) is 2.78. The van der Waals surface area contributed by atoms with Crippen molar-refractivity contribution in [2.75, 3.05) is 0 Å². The molecule has 0 N–H and O–H groups in total. The van der Waals surface area contributed by atoms with Gasteiger partial charge in [0.25, 0.3) is 0 Å². The van der Waals surface area contributed by atoms with Crippen LogP contribution in [0.15, 0.2) is 18.2 Å². The van der Waals surface area contributed by atoms with Gasteiger partial charge in [-0.15, -0.1) is 0 Å². The quantitative estimate of drug-likeness (QED) is 0.447. The van der Waals surface area contributed by atoms with E-state index in [4.69, 9.17) is 9.97 Å². The molecule has 2 aromatic rings. The summed E-state index contributed by atoms with van der Waals surface area (Å²) in [4.78, 5) is 10.1. The van der Waals surface area contributed by atoms with Crippen LogP contribution in [0.25, 0.3) is 11.0 Å². The first-order valence-electron chi connectivity index (χ1n) is 11.3. The maximum Gasteiger partial charge on any atom is 0.0893 e. The summed E-state index contributed by atoms with van der Waals surface area (Å²) in [6.45, 7) is 2.14. The van der Waals surface area contributed by atoms with Crippen LogP contribution >= 0.6 is 23.5 Å². The molecule has 4 rings (SSSR count). The van der Waals surface area contributed by atoms with Gasteiger partial charge in [-0.05, 0) is 43.9 Å². The molecule has 0 radical (unpaired) electrons. The van der Waals surface area contributed by atoms with Crippen LogP contribution in [0.4, 0.5) is 0 Å². The molecular weight excluding hydrogens is 380 g/mol. The highest BCUT2D eigenvalue weighted by atomic mass is 32.2. The maximum atomic E-state index is 5.06. The molecule has 2 nitrogen and oxygen atoms in total. The fraction of sp³-hybridized carbons (Fsp3) is 0.667. The maximum absolute atomic E-state index is 5.06. The Balaban J connectivity index is 1.56. The Labute approximate surface area is 179 Å². The van der Waals surface area contributed by atoms with Crippen molar-refractivity contribution in [3.8, 4) is 0 Å². The molecule has 0 saturated heterocycles. The lowest BCUT2D eigenvalue weighted by Gasteiger charge is -2.21. The Kier molecular flexibility index (Phi) is 7.58. The topological polar surface area (TPSA) is 25.8 Å². The number of fused-ring (bicyclic) bond motifs is 4. The normalized spacial score (nSPS) is 25.3. The van der Waals surface area contributed by atoms with E-state index in [1.165, 1.54) is 87.6 Å². The lowest BCUT2D eigenvalue weighted by molar-refractivity contribution is 0.563. The SMILES string of the molecule is Cc1ccc2nc3c(nc2c1)CSC1CCCCCCCCCCC(C1)SC3. The van der Waals surface area contributed by atoms with Gasteiger partial charge >= 0.3 is 0 Å². The molecule has 2 atom stereocenters. The summed E-state index contributed by atoms with van der Waals surface area (Å²) in [5.41, 5.74) is 5.87. The standard InChI is InChI=1S/C24H34N2S2/c1-18-12-13-21-22(14-18)26-24-17-28-20-11-9-7-5-3-2-4-6-8-10-19(15-20)27-16-23(24)25-21/h12-14,19-20H,2-11,15-17H2,1H3. The minimum atomic E-state index is 0.791. The van der Waals surface area contributed by atoms with Gasteiger partial charge in [0.15, 0.2) is 0 Å². The molecule has 1 aromatic carbocycles. The van der Waals surface area contributed by atoms with E-state index >= 15 is 0 Å². The second-order valence-corrected chi connectivity index (χ2v) is 11.2. The van der Waals surface area contributed by atoms with Crippen molar-refractivity contribution in [1.29, 1.82) is 0 Å². The average molecular weight is 415 g/mol. The Bertz CT molecular complexity index is 777. The van der Waals surface area contributed by atoms with Crippen molar-refractivity contribution in [2.24, 2.45) is 0 Å². The number of nitrogens with zero attached hydrogens (tertiary/aromatic N) is 2. The van der Waals surface area contributed by atoms with Gasteiger partial charge < -0.3 is 0 Å².